The third-order valence-corrected chi connectivity index (χ3v) is 2.08. The van der Waals surface area contributed by atoms with Gasteiger partial charge in [-0.15, -0.1) is 0 Å². The van der Waals surface area contributed by atoms with Gasteiger partial charge in [0.2, 0.25) is 0 Å². The van der Waals surface area contributed by atoms with E-state index in [1.165, 1.54) is 0 Å². The number of hydrogen-bond donors (Lipinski definition) is 1. The lowest BCUT2D eigenvalue weighted by Gasteiger charge is -1.96. The van der Waals surface area contributed by atoms with E-state index in [2.05, 4.69) is 4.98 Å². The summed E-state index contributed by atoms with van der Waals surface area (Å²) < 4.78 is 5.28. The summed E-state index contributed by atoms with van der Waals surface area (Å²) in [7, 11) is 0. The second-order valence-electron chi connectivity index (χ2n) is 3.04. The van der Waals surface area contributed by atoms with E-state index in [0.29, 0.717) is 0 Å². The molecule has 2 aromatic rings. The Morgan fingerprint density at radius 2 is 2.00 bits per heavy atom. The molecule has 0 aliphatic heterocycles. The molecule has 0 saturated carbocycles. The van der Waals surface area contributed by atoms with Crippen molar-refractivity contribution in [2.24, 2.45) is 0 Å². The van der Waals surface area contributed by atoms with Gasteiger partial charge in [0.25, 0.3) is 6.01 Å². The highest BCUT2D eigenvalue weighted by molar-refractivity contribution is 5.62. The van der Waals surface area contributed by atoms with Crippen LogP contribution in [0.3, 0.4) is 0 Å². The third kappa shape index (κ3) is 1.48. The summed E-state index contributed by atoms with van der Waals surface area (Å²) in [4.78, 5) is 4.16. The van der Waals surface area contributed by atoms with Crippen LogP contribution >= 0.6 is 0 Å². The van der Waals surface area contributed by atoms with Crippen molar-refractivity contribution in [1.29, 1.82) is 0 Å². The van der Waals surface area contributed by atoms with Crippen LogP contribution in [0.15, 0.2) is 34.7 Å². The van der Waals surface area contributed by atoms with Crippen LogP contribution in [0.2, 0.25) is 0 Å². The molecule has 0 bridgehead atoms. The summed E-state index contributed by atoms with van der Waals surface area (Å²) >= 11 is 0. The molecule has 0 spiro atoms. The molecular weight excluding hydrogens is 176 g/mol. The minimum absolute atomic E-state index is 0.237. The van der Waals surface area contributed by atoms with Crippen LogP contribution in [0, 0.1) is 0 Å². The fraction of sp³-hybridized carbons (Fsp3) is 0.182. The first-order valence-corrected chi connectivity index (χ1v) is 4.62. The van der Waals surface area contributed by atoms with Gasteiger partial charge in [0.15, 0.2) is 0 Å². The predicted octanol–water partition coefficient (Wildman–Crippen LogP) is 2.49. The van der Waals surface area contributed by atoms with Crippen molar-refractivity contribution in [3.05, 3.63) is 36.1 Å². The first-order valence-electron chi connectivity index (χ1n) is 4.62. The van der Waals surface area contributed by atoms with Gasteiger partial charge in [0.05, 0.1) is 0 Å². The van der Waals surface area contributed by atoms with Crippen molar-refractivity contribution >= 4 is 6.01 Å². The van der Waals surface area contributed by atoms with Crippen LogP contribution in [0.4, 0.5) is 6.01 Å². The topological polar surface area (TPSA) is 52.0 Å². The summed E-state index contributed by atoms with van der Waals surface area (Å²) in [6, 6.07) is 10.1. The number of aryl methyl sites for hydroxylation is 1. The Morgan fingerprint density at radius 1 is 1.29 bits per heavy atom. The van der Waals surface area contributed by atoms with E-state index in [1.54, 1.807) is 0 Å². The first kappa shape index (κ1) is 8.81. The minimum Gasteiger partial charge on any atom is -0.428 e. The standard InChI is InChI=1S/C11H12N2O/c1-2-9-10(13-11(12)14-9)8-6-4-3-5-7-8/h3-7H,2H2,1H3,(H2,12,13). The van der Waals surface area contributed by atoms with Gasteiger partial charge >= 0.3 is 0 Å². The smallest absolute Gasteiger partial charge is 0.292 e. The Hall–Kier alpha value is -1.77. The van der Waals surface area contributed by atoms with Crippen LogP contribution in [0.1, 0.15) is 12.7 Å². The molecule has 2 N–H and O–H groups in total. The van der Waals surface area contributed by atoms with E-state index in [1.807, 2.05) is 37.3 Å². The molecule has 3 nitrogen and oxygen atoms in total. The average molecular weight is 188 g/mol. The van der Waals surface area contributed by atoms with Gasteiger partial charge in [0, 0.05) is 12.0 Å². The summed E-state index contributed by atoms with van der Waals surface area (Å²) in [5, 5.41) is 0. The fourth-order valence-electron chi connectivity index (χ4n) is 1.43. The maximum atomic E-state index is 5.51. The van der Waals surface area contributed by atoms with Gasteiger partial charge in [-0.25, -0.2) is 0 Å². The van der Waals surface area contributed by atoms with Gasteiger partial charge in [-0.1, -0.05) is 37.3 Å². The number of nitrogens with two attached hydrogens (primary N) is 1. The molecule has 2 rings (SSSR count). The largest absolute Gasteiger partial charge is 0.428 e. The predicted molar refractivity (Wildman–Crippen MR) is 55.7 cm³/mol. The number of rotatable bonds is 2. The second kappa shape index (κ2) is 3.54. The molecule has 3 heteroatoms. The van der Waals surface area contributed by atoms with Crippen molar-refractivity contribution in [3.63, 3.8) is 0 Å². The van der Waals surface area contributed by atoms with E-state index in [0.717, 1.165) is 23.4 Å². The molecule has 14 heavy (non-hydrogen) atoms. The monoisotopic (exact) mass is 188 g/mol. The molecule has 0 amide bonds. The van der Waals surface area contributed by atoms with Gasteiger partial charge in [-0.3, -0.25) is 0 Å². The quantitative estimate of drug-likeness (QED) is 0.787. The van der Waals surface area contributed by atoms with Gasteiger partial charge in [-0.05, 0) is 0 Å². The lowest BCUT2D eigenvalue weighted by atomic mass is 10.1. The molecule has 1 heterocycles. The number of hydrogen-bond acceptors (Lipinski definition) is 3. The maximum Gasteiger partial charge on any atom is 0.292 e. The molecular formula is C11H12N2O. The van der Waals surface area contributed by atoms with E-state index < -0.39 is 0 Å². The molecule has 0 radical (unpaired) electrons. The van der Waals surface area contributed by atoms with Crippen LogP contribution in [0.5, 0.6) is 0 Å². The Morgan fingerprint density at radius 3 is 2.64 bits per heavy atom. The van der Waals surface area contributed by atoms with E-state index in [9.17, 15) is 0 Å². The number of anilines is 1. The van der Waals surface area contributed by atoms with Crippen LogP contribution in [-0.4, -0.2) is 4.98 Å². The van der Waals surface area contributed by atoms with Crippen molar-refractivity contribution in [1.82, 2.24) is 4.98 Å². The Bertz CT molecular complexity index is 420. The van der Waals surface area contributed by atoms with E-state index in [4.69, 9.17) is 10.2 Å². The number of benzene rings is 1. The van der Waals surface area contributed by atoms with E-state index in [-0.39, 0.29) is 6.01 Å². The molecule has 1 aromatic heterocycles. The zero-order chi connectivity index (χ0) is 9.97. The average Bonchev–Trinajstić information content (AvgIpc) is 2.61. The second-order valence-corrected chi connectivity index (χ2v) is 3.04. The Kier molecular flexibility index (Phi) is 2.23. The van der Waals surface area contributed by atoms with Crippen LogP contribution in [0.25, 0.3) is 11.3 Å². The Balaban J connectivity index is 2.51. The molecule has 0 aliphatic carbocycles. The van der Waals surface area contributed by atoms with Crippen molar-refractivity contribution in [3.8, 4) is 11.3 Å². The normalized spacial score (nSPS) is 10.4. The van der Waals surface area contributed by atoms with Gasteiger partial charge < -0.3 is 10.2 Å². The lowest BCUT2D eigenvalue weighted by Crippen LogP contribution is -1.84. The molecule has 0 atom stereocenters. The summed E-state index contributed by atoms with van der Waals surface area (Å²) in [6.07, 6.45) is 0.800. The molecule has 0 saturated heterocycles. The van der Waals surface area contributed by atoms with Crippen LogP contribution in [-0.2, 0) is 6.42 Å². The first-order chi connectivity index (χ1) is 6.81. The zero-order valence-electron chi connectivity index (χ0n) is 8.03. The number of nitrogens with zero attached hydrogens (tertiary/aromatic N) is 1. The summed E-state index contributed by atoms with van der Waals surface area (Å²) in [5.41, 5.74) is 7.41. The summed E-state index contributed by atoms with van der Waals surface area (Å²) in [6.45, 7) is 2.02. The third-order valence-electron chi connectivity index (χ3n) is 2.08. The highest BCUT2D eigenvalue weighted by Crippen LogP contribution is 2.24. The maximum absolute atomic E-state index is 5.51. The zero-order valence-corrected chi connectivity index (χ0v) is 8.03. The lowest BCUT2D eigenvalue weighted by molar-refractivity contribution is 0.530. The van der Waals surface area contributed by atoms with Gasteiger partial charge in [-0.2, -0.15) is 4.98 Å². The molecule has 72 valence electrons. The van der Waals surface area contributed by atoms with Crippen molar-refractivity contribution in [2.75, 3.05) is 5.73 Å². The number of aromatic nitrogens is 1. The van der Waals surface area contributed by atoms with Crippen molar-refractivity contribution in [2.45, 2.75) is 13.3 Å². The molecule has 0 fully saturated rings. The number of nitrogen functional groups attached to an aromatic ring is 1. The molecule has 1 aromatic carbocycles. The minimum atomic E-state index is 0.237. The van der Waals surface area contributed by atoms with E-state index >= 15 is 0 Å². The highest BCUT2D eigenvalue weighted by atomic mass is 16.4. The highest BCUT2D eigenvalue weighted by Gasteiger charge is 2.10. The number of oxazole rings is 1. The summed E-state index contributed by atoms with van der Waals surface area (Å²) in [5.74, 6) is 0.841. The fourth-order valence-corrected chi connectivity index (χ4v) is 1.43. The molecule has 0 unspecified atom stereocenters. The van der Waals surface area contributed by atoms with Gasteiger partial charge in [0.1, 0.15) is 11.5 Å². The van der Waals surface area contributed by atoms with Crippen LogP contribution < -0.4 is 5.73 Å². The SMILES string of the molecule is CCc1oc(N)nc1-c1ccccc1. The molecule has 0 aliphatic rings. The van der Waals surface area contributed by atoms with Crippen molar-refractivity contribution < 1.29 is 4.42 Å². The Labute approximate surface area is 82.6 Å².